The van der Waals surface area contributed by atoms with Crippen LogP contribution in [0.3, 0.4) is 0 Å². The van der Waals surface area contributed by atoms with Crippen LogP contribution >= 0.6 is 0 Å². The molecule has 0 aliphatic carbocycles. The van der Waals surface area contributed by atoms with E-state index in [1.54, 1.807) is 35.9 Å². The van der Waals surface area contributed by atoms with E-state index in [1.807, 2.05) is 18.2 Å². The lowest BCUT2D eigenvalue weighted by Gasteiger charge is -2.07. The highest BCUT2D eigenvalue weighted by Crippen LogP contribution is 2.16. The molecule has 1 aliphatic rings. The van der Waals surface area contributed by atoms with Crippen LogP contribution in [-0.2, 0) is 13.0 Å². The molecule has 1 aliphatic heterocycles. The van der Waals surface area contributed by atoms with Gasteiger partial charge in [-0.2, -0.15) is 5.10 Å². The summed E-state index contributed by atoms with van der Waals surface area (Å²) >= 11 is 0. The third-order valence-corrected chi connectivity index (χ3v) is 4.44. The zero-order chi connectivity index (χ0) is 18.1. The van der Waals surface area contributed by atoms with Crippen LogP contribution in [0, 0.1) is 0 Å². The van der Waals surface area contributed by atoms with Crippen molar-refractivity contribution in [1.82, 2.24) is 20.0 Å². The van der Waals surface area contributed by atoms with Crippen LogP contribution in [-0.4, -0.2) is 26.2 Å². The summed E-state index contributed by atoms with van der Waals surface area (Å²) in [5, 5.41) is 4.62. The molecule has 7 heteroatoms. The minimum atomic E-state index is -0.357. The van der Waals surface area contributed by atoms with Crippen LogP contribution in [0.4, 0.5) is 0 Å². The third kappa shape index (κ3) is 2.88. The molecule has 0 unspecified atom stereocenters. The zero-order valence-electron chi connectivity index (χ0n) is 14.3. The number of benzene rings is 1. The SMILES string of the molecule is C/C(=N/NC(=O)c1ccc2c(=O)n3c(nc2c1)CCC3)c1ccccn1. The monoisotopic (exact) mass is 347 g/mol. The number of hydrogen-bond acceptors (Lipinski definition) is 5. The molecule has 3 aromatic rings. The maximum atomic E-state index is 12.5. The van der Waals surface area contributed by atoms with Gasteiger partial charge in [0.2, 0.25) is 0 Å². The van der Waals surface area contributed by atoms with E-state index in [-0.39, 0.29) is 11.5 Å². The maximum Gasteiger partial charge on any atom is 0.271 e. The van der Waals surface area contributed by atoms with Crippen molar-refractivity contribution in [2.24, 2.45) is 5.10 Å². The Morgan fingerprint density at radius 3 is 2.96 bits per heavy atom. The highest BCUT2D eigenvalue weighted by atomic mass is 16.2. The number of nitrogens with one attached hydrogen (secondary N) is 1. The van der Waals surface area contributed by atoms with Crippen molar-refractivity contribution in [2.75, 3.05) is 0 Å². The quantitative estimate of drug-likeness (QED) is 0.579. The van der Waals surface area contributed by atoms with Crippen molar-refractivity contribution < 1.29 is 4.79 Å². The second-order valence-electron chi connectivity index (χ2n) is 6.17. The minimum absolute atomic E-state index is 0.0431. The molecule has 1 amide bonds. The van der Waals surface area contributed by atoms with Crippen molar-refractivity contribution in [3.8, 4) is 0 Å². The van der Waals surface area contributed by atoms with Gasteiger partial charge in [0.05, 0.1) is 22.3 Å². The van der Waals surface area contributed by atoms with Crippen molar-refractivity contribution in [2.45, 2.75) is 26.3 Å². The molecule has 7 nitrogen and oxygen atoms in total. The van der Waals surface area contributed by atoms with Gasteiger partial charge in [0, 0.05) is 24.7 Å². The number of hydrogen-bond donors (Lipinski definition) is 1. The summed E-state index contributed by atoms with van der Waals surface area (Å²) in [4.78, 5) is 33.6. The van der Waals surface area contributed by atoms with E-state index < -0.39 is 0 Å². The number of aryl methyl sites for hydroxylation is 1. The van der Waals surface area contributed by atoms with E-state index >= 15 is 0 Å². The van der Waals surface area contributed by atoms with E-state index in [1.165, 1.54) is 0 Å². The number of carbonyl (C=O) groups is 1. The van der Waals surface area contributed by atoms with Crippen molar-refractivity contribution in [1.29, 1.82) is 0 Å². The molecule has 0 spiro atoms. The average molecular weight is 347 g/mol. The lowest BCUT2D eigenvalue weighted by Crippen LogP contribution is -2.22. The first-order valence-electron chi connectivity index (χ1n) is 8.43. The van der Waals surface area contributed by atoms with Gasteiger partial charge in [-0.05, 0) is 43.7 Å². The summed E-state index contributed by atoms with van der Waals surface area (Å²) < 4.78 is 1.71. The molecule has 4 rings (SSSR count). The fraction of sp³-hybridized carbons (Fsp3) is 0.211. The highest BCUT2D eigenvalue weighted by Gasteiger charge is 2.17. The summed E-state index contributed by atoms with van der Waals surface area (Å²) in [7, 11) is 0. The molecule has 130 valence electrons. The molecule has 0 atom stereocenters. The lowest BCUT2D eigenvalue weighted by atomic mass is 10.1. The second kappa shape index (κ2) is 6.51. The Balaban J connectivity index is 1.61. The first-order chi connectivity index (χ1) is 12.6. The van der Waals surface area contributed by atoms with Crippen LogP contribution in [0.15, 0.2) is 52.5 Å². The molecule has 2 aromatic heterocycles. The summed E-state index contributed by atoms with van der Waals surface area (Å²) in [5.74, 6) is 0.425. The Bertz CT molecular complexity index is 1090. The topological polar surface area (TPSA) is 89.2 Å². The Kier molecular flexibility index (Phi) is 4.04. The standard InChI is InChI=1S/C19H17N5O2/c1-12(15-5-2-3-9-20-15)22-23-18(25)13-7-8-14-16(11-13)21-17-6-4-10-24(17)19(14)26/h2-3,5,7-9,11H,4,6,10H2,1H3,(H,23,25)/b22-12-. The number of carbonyl (C=O) groups excluding carboxylic acids is 1. The van der Waals surface area contributed by atoms with Gasteiger partial charge in [-0.25, -0.2) is 10.4 Å². The number of aromatic nitrogens is 3. The third-order valence-electron chi connectivity index (χ3n) is 4.44. The van der Waals surface area contributed by atoms with Crippen LogP contribution < -0.4 is 11.0 Å². The van der Waals surface area contributed by atoms with Crippen molar-refractivity contribution in [3.63, 3.8) is 0 Å². The largest absolute Gasteiger partial charge is 0.296 e. The zero-order valence-corrected chi connectivity index (χ0v) is 14.3. The number of fused-ring (bicyclic) bond motifs is 2. The molecule has 0 fully saturated rings. The first-order valence-corrected chi connectivity index (χ1v) is 8.43. The number of pyridine rings is 1. The molecule has 0 bridgehead atoms. The number of amides is 1. The Morgan fingerprint density at radius 2 is 2.15 bits per heavy atom. The second-order valence-corrected chi connectivity index (χ2v) is 6.17. The van der Waals surface area contributed by atoms with E-state index in [2.05, 4.69) is 20.5 Å². The van der Waals surface area contributed by atoms with Crippen molar-refractivity contribution in [3.05, 3.63) is 70.0 Å². The lowest BCUT2D eigenvalue weighted by molar-refractivity contribution is 0.0955. The Morgan fingerprint density at radius 1 is 1.27 bits per heavy atom. The normalized spacial score (nSPS) is 13.7. The molecule has 1 aromatic carbocycles. The van der Waals surface area contributed by atoms with E-state index in [0.717, 1.165) is 18.7 Å². The van der Waals surface area contributed by atoms with E-state index in [0.29, 0.717) is 34.4 Å². The molecule has 1 N–H and O–H groups in total. The molecular formula is C19H17N5O2. The van der Waals surface area contributed by atoms with Gasteiger partial charge in [0.1, 0.15) is 5.82 Å². The van der Waals surface area contributed by atoms with Gasteiger partial charge in [0.15, 0.2) is 0 Å². The fourth-order valence-electron chi connectivity index (χ4n) is 3.06. The molecule has 0 radical (unpaired) electrons. The van der Waals surface area contributed by atoms with Crippen LogP contribution in [0.2, 0.25) is 0 Å². The summed E-state index contributed by atoms with van der Waals surface area (Å²) in [6.45, 7) is 2.48. The predicted molar refractivity (Wildman–Crippen MR) is 98.2 cm³/mol. The Hall–Kier alpha value is -3.35. The molecular weight excluding hydrogens is 330 g/mol. The predicted octanol–water partition coefficient (Wildman–Crippen LogP) is 1.89. The molecule has 3 heterocycles. The maximum absolute atomic E-state index is 12.5. The van der Waals surface area contributed by atoms with Gasteiger partial charge in [-0.15, -0.1) is 0 Å². The van der Waals surface area contributed by atoms with Gasteiger partial charge < -0.3 is 0 Å². The summed E-state index contributed by atoms with van der Waals surface area (Å²) in [6.07, 6.45) is 3.38. The van der Waals surface area contributed by atoms with Gasteiger partial charge >= 0.3 is 0 Å². The Labute approximate surface area is 149 Å². The van der Waals surface area contributed by atoms with Crippen LogP contribution in [0.25, 0.3) is 10.9 Å². The number of hydrazone groups is 1. The molecule has 0 saturated carbocycles. The minimum Gasteiger partial charge on any atom is -0.296 e. The summed E-state index contributed by atoms with van der Waals surface area (Å²) in [5.41, 5.74) is 4.73. The van der Waals surface area contributed by atoms with Gasteiger partial charge in [-0.1, -0.05) is 6.07 Å². The molecule has 0 saturated heterocycles. The molecule has 26 heavy (non-hydrogen) atoms. The smallest absolute Gasteiger partial charge is 0.271 e. The average Bonchev–Trinajstić information content (AvgIpc) is 3.15. The highest BCUT2D eigenvalue weighted by molar-refractivity contribution is 6.00. The van der Waals surface area contributed by atoms with E-state index in [4.69, 9.17) is 0 Å². The summed E-state index contributed by atoms with van der Waals surface area (Å²) in [6, 6.07) is 10.4. The van der Waals surface area contributed by atoms with Crippen LogP contribution in [0.1, 0.15) is 35.2 Å². The van der Waals surface area contributed by atoms with Crippen LogP contribution in [0.5, 0.6) is 0 Å². The van der Waals surface area contributed by atoms with Gasteiger partial charge in [-0.3, -0.25) is 19.1 Å². The van der Waals surface area contributed by atoms with Gasteiger partial charge in [0.25, 0.3) is 11.5 Å². The number of nitrogens with zero attached hydrogens (tertiary/aromatic N) is 4. The first kappa shape index (κ1) is 16.1. The number of rotatable bonds is 3. The van der Waals surface area contributed by atoms with E-state index in [9.17, 15) is 9.59 Å². The fourth-order valence-corrected chi connectivity index (χ4v) is 3.06. The van der Waals surface area contributed by atoms with Crippen molar-refractivity contribution >= 4 is 22.5 Å².